The fourth-order valence-corrected chi connectivity index (χ4v) is 11.2. The summed E-state index contributed by atoms with van der Waals surface area (Å²) in [6.45, 7) is 9.69. The minimum absolute atomic E-state index is 0.181. The summed E-state index contributed by atoms with van der Waals surface area (Å²) in [5.74, 6) is 2.62. The van der Waals surface area contributed by atoms with Crippen molar-refractivity contribution in [1.29, 1.82) is 0 Å². The molecule has 0 aromatic heterocycles. The maximum atomic E-state index is 12.6. The molecule has 6 rings (SSSR count). The molecule has 2 aliphatic heterocycles. The van der Waals surface area contributed by atoms with Crippen molar-refractivity contribution < 1.29 is 44.5 Å². The molecule has 2 heterocycles. The van der Waals surface area contributed by atoms with Crippen molar-refractivity contribution >= 4 is 5.97 Å². The average molecular weight is 595 g/mol. The Kier molecular flexibility index (Phi) is 8.33. The highest BCUT2D eigenvalue weighted by atomic mass is 16.7. The van der Waals surface area contributed by atoms with E-state index in [4.69, 9.17) is 19.3 Å². The summed E-state index contributed by atoms with van der Waals surface area (Å²) >= 11 is 0. The summed E-state index contributed by atoms with van der Waals surface area (Å²) in [5.41, 5.74) is 0.461. The second-order valence-corrected chi connectivity index (χ2v) is 15.7. The van der Waals surface area contributed by atoms with Crippen molar-refractivity contribution in [1.82, 2.24) is 0 Å². The van der Waals surface area contributed by atoms with Gasteiger partial charge in [-0.3, -0.25) is 0 Å². The van der Waals surface area contributed by atoms with Crippen molar-refractivity contribution in [2.45, 2.75) is 134 Å². The van der Waals surface area contributed by atoms with Gasteiger partial charge in [0.2, 0.25) is 0 Å². The Hall–Kier alpha value is -0.810. The number of ether oxygens (including phenoxy) is 3. The van der Waals surface area contributed by atoms with Gasteiger partial charge in [0.15, 0.2) is 11.9 Å². The zero-order valence-corrected chi connectivity index (χ0v) is 25.9. The van der Waals surface area contributed by atoms with Crippen LogP contribution in [0, 0.1) is 52.3 Å². The third-order valence-corrected chi connectivity index (χ3v) is 13.7. The minimum Gasteiger partial charge on any atom is -0.460 e. The van der Waals surface area contributed by atoms with Crippen LogP contribution in [-0.2, 0) is 19.0 Å². The van der Waals surface area contributed by atoms with Crippen LogP contribution in [-0.4, -0.2) is 87.1 Å². The Morgan fingerprint density at radius 2 is 1.64 bits per heavy atom. The lowest BCUT2D eigenvalue weighted by Gasteiger charge is -2.61. The van der Waals surface area contributed by atoms with Gasteiger partial charge in [0.25, 0.3) is 0 Å². The smallest absolute Gasteiger partial charge is 0.338 e. The number of rotatable bonds is 6. The number of aliphatic hydroxyl groups excluding tert-OH is 5. The lowest BCUT2D eigenvalue weighted by atomic mass is 9.44. The van der Waals surface area contributed by atoms with Gasteiger partial charge in [-0.1, -0.05) is 27.7 Å². The minimum atomic E-state index is -1.99. The second-order valence-electron chi connectivity index (χ2n) is 15.7. The van der Waals surface area contributed by atoms with E-state index in [1.807, 2.05) is 0 Å². The molecule has 0 bridgehead atoms. The van der Waals surface area contributed by atoms with Crippen molar-refractivity contribution in [3.05, 3.63) is 0 Å². The van der Waals surface area contributed by atoms with Crippen molar-refractivity contribution in [2.24, 2.45) is 52.3 Å². The van der Waals surface area contributed by atoms with E-state index in [0.29, 0.717) is 54.0 Å². The maximum Gasteiger partial charge on any atom is 0.338 e. The van der Waals surface area contributed by atoms with Crippen molar-refractivity contribution in [3.63, 3.8) is 0 Å². The van der Waals surface area contributed by atoms with Crippen LogP contribution < -0.4 is 0 Å². The Bertz CT molecular complexity index is 998. The van der Waals surface area contributed by atoms with Crippen LogP contribution in [0.1, 0.15) is 91.9 Å². The van der Waals surface area contributed by atoms with Crippen molar-refractivity contribution in [2.75, 3.05) is 13.2 Å². The molecule has 9 nitrogen and oxygen atoms in total. The molecule has 6 unspecified atom stereocenters. The first-order chi connectivity index (χ1) is 19.8. The molecule has 4 saturated carbocycles. The van der Waals surface area contributed by atoms with Crippen LogP contribution >= 0.6 is 0 Å². The van der Waals surface area contributed by atoms with E-state index < -0.39 is 37.0 Å². The van der Waals surface area contributed by atoms with Gasteiger partial charge in [-0.2, -0.15) is 0 Å². The van der Waals surface area contributed by atoms with Gasteiger partial charge in [-0.15, -0.1) is 0 Å². The fourth-order valence-electron chi connectivity index (χ4n) is 11.2. The molecule has 0 aromatic carbocycles. The third-order valence-electron chi connectivity index (χ3n) is 13.7. The number of hydrogen-bond acceptors (Lipinski definition) is 9. The molecule has 4 aliphatic carbocycles. The van der Waals surface area contributed by atoms with Crippen LogP contribution in [0.2, 0.25) is 0 Å². The molecule has 0 aromatic rings. The monoisotopic (exact) mass is 594 g/mol. The normalized spacial score (nSPS) is 51.0. The second kappa shape index (κ2) is 11.2. The predicted molar refractivity (Wildman–Crippen MR) is 153 cm³/mol. The standard InChI is InChI=1S/C33H54O9/c1-17-7-12-33(40-16-17)18(2)26-25(42-33)14-23-21-6-5-19-13-20(8-10-31(19,3)22(21)9-11-32(23,26)4)41-30(39)29(38)28(37)27(36)24(35)15-34/h17-29,34-38H,5-16H2,1-4H3/t17-,18+,19?,20+,21?,22?,23?,24-,25?,26?,27+,28+,29-,31+,32+,33-/m1/s1. The molecule has 240 valence electrons. The molecule has 1 spiro atoms. The molecule has 0 radical (unpaired) electrons. The number of aliphatic hydroxyl groups is 5. The molecule has 42 heavy (non-hydrogen) atoms. The molecule has 9 heteroatoms. The van der Waals surface area contributed by atoms with E-state index in [0.717, 1.165) is 38.7 Å². The van der Waals surface area contributed by atoms with Crippen LogP contribution in [0.3, 0.4) is 0 Å². The largest absolute Gasteiger partial charge is 0.460 e. The summed E-state index contributed by atoms with van der Waals surface area (Å²) in [4.78, 5) is 12.6. The summed E-state index contributed by atoms with van der Waals surface area (Å²) in [5, 5.41) is 48.8. The van der Waals surface area contributed by atoms with Crippen molar-refractivity contribution in [3.8, 4) is 0 Å². The number of hydrogen-bond donors (Lipinski definition) is 5. The first-order valence-corrected chi connectivity index (χ1v) is 16.7. The number of esters is 1. The zero-order valence-electron chi connectivity index (χ0n) is 25.9. The highest BCUT2D eigenvalue weighted by Crippen LogP contribution is 2.71. The van der Waals surface area contributed by atoms with E-state index in [2.05, 4.69) is 27.7 Å². The van der Waals surface area contributed by atoms with Crippen LogP contribution in [0.15, 0.2) is 0 Å². The maximum absolute atomic E-state index is 12.6. The van der Waals surface area contributed by atoms with E-state index >= 15 is 0 Å². The Morgan fingerprint density at radius 3 is 2.33 bits per heavy atom. The number of carbonyl (C=O) groups excluding carboxylic acids is 1. The van der Waals surface area contributed by atoms with E-state index in [9.17, 15) is 25.2 Å². The Balaban J connectivity index is 1.09. The van der Waals surface area contributed by atoms with E-state index in [1.165, 1.54) is 25.7 Å². The molecule has 0 amide bonds. The summed E-state index contributed by atoms with van der Waals surface area (Å²) < 4.78 is 19.0. The third kappa shape index (κ3) is 4.79. The summed E-state index contributed by atoms with van der Waals surface area (Å²) in [6, 6.07) is 0. The molecule has 5 N–H and O–H groups in total. The topological polar surface area (TPSA) is 146 Å². The number of fused-ring (bicyclic) bond motifs is 7. The number of carbonyl (C=O) groups is 1. The predicted octanol–water partition coefficient (Wildman–Crippen LogP) is 2.78. The van der Waals surface area contributed by atoms with E-state index in [1.54, 1.807) is 0 Å². The van der Waals surface area contributed by atoms with Crippen LogP contribution in [0.25, 0.3) is 0 Å². The van der Waals surface area contributed by atoms with Crippen LogP contribution in [0.4, 0.5) is 0 Å². The molecule has 6 fully saturated rings. The Morgan fingerprint density at radius 1 is 0.905 bits per heavy atom. The quantitative estimate of drug-likeness (QED) is 0.293. The first-order valence-electron chi connectivity index (χ1n) is 16.7. The molecule has 6 aliphatic rings. The van der Waals surface area contributed by atoms with Gasteiger partial charge in [0.1, 0.15) is 24.4 Å². The summed E-state index contributed by atoms with van der Waals surface area (Å²) in [7, 11) is 0. The van der Waals surface area contributed by atoms with Gasteiger partial charge in [-0.25, -0.2) is 4.79 Å². The van der Waals surface area contributed by atoms with Crippen LogP contribution in [0.5, 0.6) is 0 Å². The lowest BCUT2D eigenvalue weighted by Crippen LogP contribution is -2.55. The highest BCUT2D eigenvalue weighted by molar-refractivity contribution is 5.75. The zero-order chi connectivity index (χ0) is 30.2. The van der Waals surface area contributed by atoms with Gasteiger partial charge >= 0.3 is 5.97 Å². The molecular formula is C33H54O9. The van der Waals surface area contributed by atoms with Gasteiger partial charge < -0.3 is 39.7 Å². The van der Waals surface area contributed by atoms with E-state index in [-0.39, 0.29) is 22.7 Å². The lowest BCUT2D eigenvalue weighted by molar-refractivity contribution is -0.273. The molecule has 2 saturated heterocycles. The summed E-state index contributed by atoms with van der Waals surface area (Å²) in [6.07, 6.45) is 2.98. The Labute approximate surface area is 250 Å². The average Bonchev–Trinajstić information content (AvgIpc) is 3.42. The van der Waals surface area contributed by atoms with Gasteiger partial charge in [0.05, 0.1) is 19.3 Å². The fraction of sp³-hybridized carbons (Fsp3) is 0.970. The first kappa shape index (κ1) is 31.2. The van der Waals surface area contributed by atoms with Gasteiger partial charge in [-0.05, 0) is 104 Å². The highest BCUT2D eigenvalue weighted by Gasteiger charge is 2.69. The SMILES string of the molecule is C[C@@H]1CC[C@@]2(OC1)OC1CC3C4CCC5C[C@@H](OC(=O)[C@H](O)[C@@H](O)[C@@H](O)[C@H](O)CO)CC[C@]5(C)C4CC[C@]3(C)C1[C@@H]2C. The molecule has 16 atom stereocenters. The molecular weight excluding hydrogens is 540 g/mol. The van der Waals surface area contributed by atoms with Gasteiger partial charge in [0, 0.05) is 12.3 Å².